The van der Waals surface area contributed by atoms with Crippen LogP contribution in [-0.4, -0.2) is 15.6 Å². The standard InChI is InChI=1S/C18H14F3NO2/c1-2-22-14-9-8-12(18(19,20)21)10-13(14)15(16(22)17(23)24)11-6-4-3-5-7-11/h3-10H,2H2,1H3,(H,23,24). The number of fused-ring (bicyclic) bond motifs is 1. The topological polar surface area (TPSA) is 42.2 Å². The Bertz CT molecular complexity index is 911. The molecule has 3 rings (SSSR count). The Hall–Kier alpha value is -2.76. The number of rotatable bonds is 3. The first kappa shape index (κ1) is 16.1. The van der Waals surface area contributed by atoms with Crippen LogP contribution in [0.1, 0.15) is 23.0 Å². The maximum absolute atomic E-state index is 13.1. The molecule has 0 radical (unpaired) electrons. The van der Waals surface area contributed by atoms with E-state index in [1.54, 1.807) is 37.3 Å². The van der Waals surface area contributed by atoms with Crippen molar-refractivity contribution >= 4 is 16.9 Å². The van der Waals surface area contributed by atoms with Crippen molar-refractivity contribution in [2.75, 3.05) is 0 Å². The molecule has 0 spiro atoms. The summed E-state index contributed by atoms with van der Waals surface area (Å²) in [5.41, 5.74) is 0.564. The van der Waals surface area contributed by atoms with E-state index in [-0.39, 0.29) is 11.1 Å². The van der Waals surface area contributed by atoms with Crippen LogP contribution in [0.3, 0.4) is 0 Å². The van der Waals surface area contributed by atoms with Gasteiger partial charge in [-0.15, -0.1) is 0 Å². The number of aryl methyl sites for hydroxylation is 1. The summed E-state index contributed by atoms with van der Waals surface area (Å²) in [6.07, 6.45) is -4.49. The number of carboxylic acids is 1. The molecule has 2 aromatic carbocycles. The SMILES string of the molecule is CCn1c(C(=O)O)c(-c2ccccc2)c2cc(C(F)(F)F)ccc21. The molecule has 24 heavy (non-hydrogen) atoms. The van der Waals surface area contributed by atoms with Crippen molar-refractivity contribution in [1.29, 1.82) is 0 Å². The van der Waals surface area contributed by atoms with Crippen molar-refractivity contribution in [3.05, 3.63) is 59.8 Å². The van der Waals surface area contributed by atoms with E-state index in [4.69, 9.17) is 0 Å². The van der Waals surface area contributed by atoms with Crippen LogP contribution in [0.5, 0.6) is 0 Å². The average Bonchev–Trinajstić information content (AvgIpc) is 2.88. The van der Waals surface area contributed by atoms with E-state index in [2.05, 4.69) is 0 Å². The van der Waals surface area contributed by atoms with E-state index in [9.17, 15) is 23.1 Å². The Morgan fingerprint density at radius 3 is 2.33 bits per heavy atom. The van der Waals surface area contributed by atoms with E-state index in [1.165, 1.54) is 10.6 Å². The van der Waals surface area contributed by atoms with Gasteiger partial charge in [0, 0.05) is 23.0 Å². The van der Waals surface area contributed by atoms with Gasteiger partial charge in [-0.3, -0.25) is 0 Å². The molecule has 0 aliphatic rings. The molecule has 3 nitrogen and oxygen atoms in total. The molecular weight excluding hydrogens is 319 g/mol. The summed E-state index contributed by atoms with van der Waals surface area (Å²) in [5.74, 6) is -1.17. The Morgan fingerprint density at radius 1 is 1.12 bits per heavy atom. The van der Waals surface area contributed by atoms with E-state index in [0.717, 1.165) is 12.1 Å². The molecule has 0 saturated heterocycles. The van der Waals surface area contributed by atoms with Gasteiger partial charge >= 0.3 is 12.1 Å². The third-order valence-corrected chi connectivity index (χ3v) is 3.97. The second-order valence-electron chi connectivity index (χ2n) is 5.37. The lowest BCUT2D eigenvalue weighted by Gasteiger charge is -2.07. The monoisotopic (exact) mass is 333 g/mol. The van der Waals surface area contributed by atoms with Gasteiger partial charge in [-0.05, 0) is 30.7 Å². The lowest BCUT2D eigenvalue weighted by molar-refractivity contribution is -0.137. The molecule has 0 aliphatic carbocycles. The number of aromatic carboxylic acids is 1. The fourth-order valence-electron chi connectivity index (χ4n) is 2.98. The number of hydrogen-bond acceptors (Lipinski definition) is 1. The summed E-state index contributed by atoms with van der Waals surface area (Å²) in [5, 5.41) is 9.91. The zero-order chi connectivity index (χ0) is 17.5. The first-order valence-electron chi connectivity index (χ1n) is 7.36. The minimum Gasteiger partial charge on any atom is -0.477 e. The van der Waals surface area contributed by atoms with Crippen LogP contribution in [0.15, 0.2) is 48.5 Å². The highest BCUT2D eigenvalue weighted by Gasteiger charge is 2.32. The van der Waals surface area contributed by atoms with Crippen molar-refractivity contribution in [1.82, 2.24) is 4.57 Å². The largest absolute Gasteiger partial charge is 0.477 e. The number of benzene rings is 2. The van der Waals surface area contributed by atoms with Crippen LogP contribution in [-0.2, 0) is 12.7 Å². The predicted octanol–water partition coefficient (Wildman–Crippen LogP) is 5.05. The van der Waals surface area contributed by atoms with Gasteiger partial charge in [-0.2, -0.15) is 13.2 Å². The molecule has 0 atom stereocenters. The summed E-state index contributed by atoms with van der Waals surface area (Å²) in [6, 6.07) is 12.0. The van der Waals surface area contributed by atoms with Gasteiger partial charge in [0.2, 0.25) is 0 Å². The minimum atomic E-state index is -4.49. The number of hydrogen-bond donors (Lipinski definition) is 1. The normalized spacial score (nSPS) is 11.8. The molecule has 1 heterocycles. The van der Waals surface area contributed by atoms with Gasteiger partial charge in [0.25, 0.3) is 0 Å². The summed E-state index contributed by atoms with van der Waals surface area (Å²) in [6.45, 7) is 2.11. The van der Waals surface area contributed by atoms with E-state index in [1.807, 2.05) is 0 Å². The zero-order valence-corrected chi connectivity index (χ0v) is 12.8. The van der Waals surface area contributed by atoms with Crippen LogP contribution in [0, 0.1) is 0 Å². The highest BCUT2D eigenvalue weighted by Crippen LogP contribution is 2.38. The van der Waals surface area contributed by atoms with Gasteiger partial charge < -0.3 is 9.67 Å². The molecule has 0 fully saturated rings. The summed E-state index contributed by atoms with van der Waals surface area (Å²) < 4.78 is 40.8. The van der Waals surface area contributed by atoms with Gasteiger partial charge in [0.1, 0.15) is 5.69 Å². The Kier molecular flexibility index (Phi) is 3.83. The number of carbonyl (C=O) groups is 1. The van der Waals surface area contributed by atoms with Gasteiger partial charge in [0.05, 0.1) is 5.56 Å². The number of carboxylic acid groups (broad SMARTS) is 1. The second-order valence-corrected chi connectivity index (χ2v) is 5.37. The number of nitrogens with zero attached hydrogens (tertiary/aromatic N) is 1. The van der Waals surface area contributed by atoms with E-state index < -0.39 is 17.7 Å². The van der Waals surface area contributed by atoms with Crippen molar-refractivity contribution in [3.8, 4) is 11.1 Å². The predicted molar refractivity (Wildman–Crippen MR) is 85.0 cm³/mol. The van der Waals surface area contributed by atoms with Crippen LogP contribution < -0.4 is 0 Å². The van der Waals surface area contributed by atoms with Crippen molar-refractivity contribution in [2.45, 2.75) is 19.6 Å². The fraction of sp³-hybridized carbons (Fsp3) is 0.167. The van der Waals surface area contributed by atoms with Crippen LogP contribution in [0.4, 0.5) is 13.2 Å². The van der Waals surface area contributed by atoms with Crippen molar-refractivity contribution in [2.24, 2.45) is 0 Å². The number of halogens is 3. The first-order chi connectivity index (χ1) is 11.3. The summed E-state index contributed by atoms with van der Waals surface area (Å²) >= 11 is 0. The van der Waals surface area contributed by atoms with Crippen LogP contribution >= 0.6 is 0 Å². The van der Waals surface area contributed by atoms with E-state index in [0.29, 0.717) is 23.2 Å². The molecule has 124 valence electrons. The third kappa shape index (κ3) is 2.54. The van der Waals surface area contributed by atoms with E-state index >= 15 is 0 Å². The minimum absolute atomic E-state index is 0.00183. The summed E-state index contributed by atoms with van der Waals surface area (Å²) in [7, 11) is 0. The molecule has 1 aromatic heterocycles. The molecule has 3 aromatic rings. The van der Waals surface area contributed by atoms with Crippen molar-refractivity contribution < 1.29 is 23.1 Å². The molecule has 1 N–H and O–H groups in total. The molecule has 0 bridgehead atoms. The Morgan fingerprint density at radius 2 is 1.79 bits per heavy atom. The average molecular weight is 333 g/mol. The molecule has 6 heteroatoms. The van der Waals surface area contributed by atoms with Crippen LogP contribution in [0.2, 0.25) is 0 Å². The maximum atomic E-state index is 13.1. The molecule has 0 saturated carbocycles. The molecular formula is C18H14F3NO2. The van der Waals surface area contributed by atoms with Gasteiger partial charge in [-0.1, -0.05) is 30.3 Å². The van der Waals surface area contributed by atoms with Crippen LogP contribution in [0.25, 0.3) is 22.0 Å². The lowest BCUT2D eigenvalue weighted by Crippen LogP contribution is -2.08. The highest BCUT2D eigenvalue weighted by molar-refractivity contribution is 6.08. The zero-order valence-electron chi connectivity index (χ0n) is 12.8. The number of alkyl halides is 3. The smallest absolute Gasteiger partial charge is 0.416 e. The maximum Gasteiger partial charge on any atom is 0.416 e. The third-order valence-electron chi connectivity index (χ3n) is 3.97. The molecule has 0 unspecified atom stereocenters. The molecule has 0 aliphatic heterocycles. The van der Waals surface area contributed by atoms with Gasteiger partial charge in [0.15, 0.2) is 0 Å². The Balaban J connectivity index is 2.45. The van der Waals surface area contributed by atoms with Gasteiger partial charge in [-0.25, -0.2) is 4.79 Å². The Labute approximate surface area is 136 Å². The fourth-order valence-corrected chi connectivity index (χ4v) is 2.98. The second kappa shape index (κ2) is 5.70. The number of aromatic nitrogens is 1. The molecule has 0 amide bonds. The lowest BCUT2D eigenvalue weighted by atomic mass is 10.0. The van der Waals surface area contributed by atoms with Crippen molar-refractivity contribution in [3.63, 3.8) is 0 Å². The summed E-state index contributed by atoms with van der Waals surface area (Å²) in [4.78, 5) is 11.8. The quantitative estimate of drug-likeness (QED) is 0.729. The highest BCUT2D eigenvalue weighted by atomic mass is 19.4. The first-order valence-corrected chi connectivity index (χ1v) is 7.36.